The van der Waals surface area contributed by atoms with Gasteiger partial charge < -0.3 is 24.8 Å². The lowest BCUT2D eigenvalue weighted by atomic mass is 9.92. The minimum atomic E-state index is -1.05. The molecule has 0 spiro atoms. The van der Waals surface area contributed by atoms with E-state index in [1.165, 1.54) is 24.3 Å². The smallest absolute Gasteiger partial charge is 0.313 e. The van der Waals surface area contributed by atoms with Crippen LogP contribution >= 0.6 is 0 Å². The molecule has 0 bridgehead atoms. The van der Waals surface area contributed by atoms with E-state index in [0.717, 1.165) is 92.3 Å². The number of nitrogens with zero attached hydrogens (tertiary/aromatic N) is 2. The number of benzene rings is 4. The standard InChI is InChI=1S/C27H28FNO4.C27H26FNO4.2CH4/c2*1-2-33-25(32)16-21(31)15-20(30)13-14-23-26(17-9-11-19(28)12-10-17)22-5-3-4-6-24(22)29-27(23)18-7-8-18;;/h3-6,9-14,18,20-21,30-31H,2,7-8,15-16H2,1H3;3-6,9-14,18,20,30H,2,7-8,15-16H2,1H3;2*1H4/b2*14-13+;;/t20-,21-;20-;;/m11../s1. The first-order valence-electron chi connectivity index (χ1n) is 22.5. The maximum Gasteiger partial charge on any atom is 0.313 e. The summed E-state index contributed by atoms with van der Waals surface area (Å²) in [6, 6.07) is 28.4. The molecular weight excluding hydrogens is 867 g/mol. The number of carbonyl (C=O) groups excluding carboxylic acids is 3. The highest BCUT2D eigenvalue weighted by atomic mass is 19.1. The van der Waals surface area contributed by atoms with Gasteiger partial charge in [-0.25, -0.2) is 8.78 Å². The first-order valence-corrected chi connectivity index (χ1v) is 22.5. The molecule has 6 aromatic rings. The largest absolute Gasteiger partial charge is 0.466 e. The number of aromatic nitrogens is 2. The second-order valence-corrected chi connectivity index (χ2v) is 16.6. The quantitative estimate of drug-likeness (QED) is 0.0560. The predicted octanol–water partition coefficient (Wildman–Crippen LogP) is 11.5. The Bertz CT molecular complexity index is 2730. The van der Waals surface area contributed by atoms with Gasteiger partial charge in [-0.3, -0.25) is 24.4 Å². The Kier molecular flexibility index (Phi) is 18.9. The lowest BCUT2D eigenvalue weighted by Gasteiger charge is -2.16. The maximum atomic E-state index is 13.6. The molecule has 2 aliphatic carbocycles. The van der Waals surface area contributed by atoms with Gasteiger partial charge >= 0.3 is 11.9 Å². The van der Waals surface area contributed by atoms with Crippen molar-refractivity contribution in [1.82, 2.24) is 9.97 Å². The van der Waals surface area contributed by atoms with E-state index in [-0.39, 0.29) is 71.2 Å². The van der Waals surface area contributed by atoms with E-state index in [1.54, 1.807) is 56.3 Å². The molecule has 2 aromatic heterocycles. The van der Waals surface area contributed by atoms with Crippen LogP contribution in [0.2, 0.25) is 0 Å². The molecule has 0 unspecified atom stereocenters. The van der Waals surface area contributed by atoms with Crippen LogP contribution in [0.3, 0.4) is 0 Å². The first kappa shape index (κ1) is 52.5. The van der Waals surface area contributed by atoms with Crippen LogP contribution in [0.1, 0.15) is 114 Å². The lowest BCUT2D eigenvalue weighted by Crippen LogP contribution is -2.20. The van der Waals surface area contributed by atoms with Crippen molar-refractivity contribution in [3.63, 3.8) is 0 Å². The Labute approximate surface area is 397 Å². The van der Waals surface area contributed by atoms with Crippen LogP contribution in [0.25, 0.3) is 56.2 Å². The normalized spacial score (nSPS) is 14.6. The molecule has 3 N–H and O–H groups in total. The van der Waals surface area contributed by atoms with Gasteiger partial charge in [-0.2, -0.15) is 0 Å². The van der Waals surface area contributed by atoms with Crippen molar-refractivity contribution in [3.8, 4) is 22.3 Å². The molecule has 0 radical (unpaired) electrons. The number of ether oxygens (including phenoxy) is 2. The van der Waals surface area contributed by atoms with Crippen LogP contribution in [-0.4, -0.2) is 74.5 Å². The van der Waals surface area contributed by atoms with Gasteiger partial charge in [0.25, 0.3) is 0 Å². The van der Waals surface area contributed by atoms with Crippen LogP contribution in [0.15, 0.2) is 109 Å². The number of para-hydroxylation sites is 2. The molecule has 358 valence electrons. The number of hydrogen-bond acceptors (Lipinski definition) is 10. The number of esters is 2. The summed E-state index contributed by atoms with van der Waals surface area (Å²) in [7, 11) is 0. The fraction of sp³-hybridized carbons (Fsp3) is 0.339. The van der Waals surface area contributed by atoms with Gasteiger partial charge in [-0.05, 0) is 87.1 Å². The highest BCUT2D eigenvalue weighted by Gasteiger charge is 2.31. The summed E-state index contributed by atoms with van der Waals surface area (Å²) >= 11 is 0. The maximum absolute atomic E-state index is 13.6. The molecular formula is C56H62F2N2O8. The molecule has 0 aliphatic heterocycles. The van der Waals surface area contributed by atoms with Crippen LogP contribution in [-0.2, 0) is 23.9 Å². The lowest BCUT2D eigenvalue weighted by molar-refractivity contribution is -0.147. The topological polar surface area (TPSA) is 156 Å². The van der Waals surface area contributed by atoms with Gasteiger partial charge in [0.05, 0.1) is 60.4 Å². The molecule has 2 saturated carbocycles. The summed E-state index contributed by atoms with van der Waals surface area (Å²) in [5.41, 5.74) is 8.97. The zero-order valence-corrected chi connectivity index (χ0v) is 37.0. The summed E-state index contributed by atoms with van der Waals surface area (Å²) in [5.74, 6) is -1.41. The monoisotopic (exact) mass is 928 g/mol. The molecule has 10 nitrogen and oxygen atoms in total. The van der Waals surface area contributed by atoms with Gasteiger partial charge in [-0.1, -0.05) is 99.8 Å². The third-order valence-corrected chi connectivity index (χ3v) is 11.4. The minimum Gasteiger partial charge on any atom is -0.466 e. The number of halogens is 2. The van der Waals surface area contributed by atoms with Gasteiger partial charge in [0, 0.05) is 57.7 Å². The molecule has 2 fully saturated rings. The Balaban J connectivity index is 0.000000247. The van der Waals surface area contributed by atoms with Crippen LogP contribution in [0.5, 0.6) is 0 Å². The van der Waals surface area contributed by atoms with E-state index in [1.807, 2.05) is 54.6 Å². The van der Waals surface area contributed by atoms with Crippen LogP contribution < -0.4 is 0 Å². The summed E-state index contributed by atoms with van der Waals surface area (Å²) in [5, 5.41) is 33.0. The van der Waals surface area contributed by atoms with E-state index in [9.17, 15) is 38.5 Å². The zero-order valence-electron chi connectivity index (χ0n) is 37.0. The molecule has 3 atom stereocenters. The fourth-order valence-electron chi connectivity index (χ4n) is 8.03. The molecule has 0 amide bonds. The summed E-state index contributed by atoms with van der Waals surface area (Å²) in [6.07, 6.45) is 7.32. The molecule has 68 heavy (non-hydrogen) atoms. The van der Waals surface area contributed by atoms with E-state index in [2.05, 4.69) is 0 Å². The van der Waals surface area contributed by atoms with E-state index in [0.29, 0.717) is 11.8 Å². The number of carbonyl (C=O) groups is 3. The number of rotatable bonds is 18. The number of aliphatic hydroxyl groups excluding tert-OH is 3. The number of Topliss-reactive ketones (excluding diaryl/α,β-unsaturated/α-hetero) is 1. The van der Waals surface area contributed by atoms with Gasteiger partial charge in [0.15, 0.2) is 0 Å². The molecule has 2 aliphatic rings. The number of aliphatic hydroxyl groups is 3. The van der Waals surface area contributed by atoms with Crippen molar-refractivity contribution in [2.45, 2.75) is 110 Å². The molecule has 8 rings (SSSR count). The zero-order chi connectivity index (χ0) is 46.7. The van der Waals surface area contributed by atoms with Crippen LogP contribution in [0.4, 0.5) is 8.78 Å². The second kappa shape index (κ2) is 24.5. The van der Waals surface area contributed by atoms with Crippen molar-refractivity contribution in [2.24, 2.45) is 0 Å². The second-order valence-electron chi connectivity index (χ2n) is 16.6. The SMILES string of the molecule is C.C.CCOC(=O)CC(=O)C[C@H](O)/C=C/c1c(C2CC2)nc2ccccc2c1-c1ccc(F)cc1.CCOC(=O)C[C@H](O)C[C@H](O)/C=C/c1c(C2CC2)nc2ccccc2c1-c1ccc(F)cc1. The highest BCUT2D eigenvalue weighted by molar-refractivity contribution is 6.01. The Hall–Kier alpha value is -6.47. The third kappa shape index (κ3) is 13.8. The first-order chi connectivity index (χ1) is 31.9. The number of pyridine rings is 2. The molecule has 0 saturated heterocycles. The summed E-state index contributed by atoms with van der Waals surface area (Å²) in [6.45, 7) is 3.84. The molecule has 12 heteroatoms. The Morgan fingerprint density at radius 3 is 1.49 bits per heavy atom. The van der Waals surface area contributed by atoms with Crippen molar-refractivity contribution < 1.29 is 48.0 Å². The average Bonchev–Trinajstić information content (AvgIpc) is 4.23. The number of ketones is 1. The number of fused-ring (bicyclic) bond motifs is 2. The van der Waals surface area contributed by atoms with E-state index < -0.39 is 30.3 Å². The van der Waals surface area contributed by atoms with Gasteiger partial charge in [-0.15, -0.1) is 0 Å². The van der Waals surface area contributed by atoms with Crippen molar-refractivity contribution in [2.75, 3.05) is 13.2 Å². The van der Waals surface area contributed by atoms with Gasteiger partial charge in [0.1, 0.15) is 23.8 Å². The van der Waals surface area contributed by atoms with Crippen molar-refractivity contribution >= 4 is 51.7 Å². The predicted molar refractivity (Wildman–Crippen MR) is 265 cm³/mol. The summed E-state index contributed by atoms with van der Waals surface area (Å²) < 4.78 is 36.9. The summed E-state index contributed by atoms with van der Waals surface area (Å²) in [4.78, 5) is 45.0. The van der Waals surface area contributed by atoms with Crippen molar-refractivity contribution in [1.29, 1.82) is 0 Å². The third-order valence-electron chi connectivity index (χ3n) is 11.4. The average molecular weight is 929 g/mol. The van der Waals surface area contributed by atoms with E-state index >= 15 is 0 Å². The Morgan fingerprint density at radius 1 is 0.618 bits per heavy atom. The number of hydrogen-bond donors (Lipinski definition) is 3. The van der Waals surface area contributed by atoms with E-state index in [4.69, 9.17) is 19.4 Å². The molecule has 2 heterocycles. The van der Waals surface area contributed by atoms with Gasteiger partial charge in [0.2, 0.25) is 0 Å². The van der Waals surface area contributed by atoms with Crippen molar-refractivity contribution in [3.05, 3.63) is 143 Å². The Morgan fingerprint density at radius 2 is 1.04 bits per heavy atom. The highest BCUT2D eigenvalue weighted by Crippen LogP contribution is 2.47. The minimum absolute atomic E-state index is 0. The van der Waals surface area contributed by atoms with Crippen LogP contribution in [0, 0.1) is 11.6 Å². The molecule has 4 aromatic carbocycles. The fourth-order valence-corrected chi connectivity index (χ4v) is 8.03.